The molecule has 1 amide bonds. The lowest BCUT2D eigenvalue weighted by atomic mass is 9.86. The summed E-state index contributed by atoms with van der Waals surface area (Å²) in [5.41, 5.74) is 5.67. The Kier molecular flexibility index (Phi) is 6.56. The van der Waals surface area contributed by atoms with Crippen LogP contribution in [0.25, 0.3) is 0 Å². The summed E-state index contributed by atoms with van der Waals surface area (Å²) in [5.74, 6) is 1.09. The Morgan fingerprint density at radius 1 is 1.35 bits per heavy atom. The van der Waals surface area contributed by atoms with Gasteiger partial charge >= 0.3 is 0 Å². The molecule has 1 saturated carbocycles. The molecule has 0 aromatic carbocycles. The molecule has 1 aliphatic carbocycles. The second-order valence-electron chi connectivity index (χ2n) is 5.51. The Balaban J connectivity index is 2.22. The van der Waals surface area contributed by atoms with E-state index in [1.807, 2.05) is 6.92 Å². The molecular formula is C14H28N2O. The second-order valence-corrected chi connectivity index (χ2v) is 5.51. The summed E-state index contributed by atoms with van der Waals surface area (Å²) in [6.45, 7) is 5.00. The molecule has 1 fully saturated rings. The summed E-state index contributed by atoms with van der Waals surface area (Å²) in [6.07, 6.45) is 7.88. The Morgan fingerprint density at radius 2 is 2.00 bits per heavy atom. The van der Waals surface area contributed by atoms with Gasteiger partial charge < -0.3 is 11.1 Å². The molecule has 3 N–H and O–H groups in total. The van der Waals surface area contributed by atoms with Gasteiger partial charge in [0.2, 0.25) is 5.91 Å². The van der Waals surface area contributed by atoms with E-state index in [0.717, 1.165) is 32.2 Å². The van der Waals surface area contributed by atoms with Gasteiger partial charge in [-0.15, -0.1) is 0 Å². The van der Waals surface area contributed by atoms with Crippen LogP contribution in [0, 0.1) is 11.8 Å². The summed E-state index contributed by atoms with van der Waals surface area (Å²) < 4.78 is 0. The monoisotopic (exact) mass is 240 g/mol. The van der Waals surface area contributed by atoms with Gasteiger partial charge in [-0.1, -0.05) is 26.7 Å². The van der Waals surface area contributed by atoms with Crippen LogP contribution >= 0.6 is 0 Å². The van der Waals surface area contributed by atoms with Crippen molar-refractivity contribution in [1.29, 1.82) is 0 Å². The van der Waals surface area contributed by atoms with E-state index >= 15 is 0 Å². The average molecular weight is 240 g/mol. The normalized spacial score (nSPS) is 26.5. The molecule has 1 unspecified atom stereocenters. The van der Waals surface area contributed by atoms with E-state index in [-0.39, 0.29) is 11.8 Å². The van der Waals surface area contributed by atoms with Crippen LogP contribution in [-0.2, 0) is 4.79 Å². The molecular weight excluding hydrogens is 212 g/mol. The maximum Gasteiger partial charge on any atom is 0.223 e. The fourth-order valence-electron chi connectivity index (χ4n) is 2.53. The Hall–Kier alpha value is -0.570. The predicted molar refractivity (Wildman–Crippen MR) is 71.6 cm³/mol. The molecule has 3 heteroatoms. The lowest BCUT2D eigenvalue weighted by Crippen LogP contribution is -2.41. The van der Waals surface area contributed by atoms with Crippen LogP contribution in [0.5, 0.6) is 0 Å². The third kappa shape index (κ3) is 5.07. The third-order valence-electron chi connectivity index (χ3n) is 3.96. The molecule has 0 heterocycles. The summed E-state index contributed by atoms with van der Waals surface area (Å²) in [7, 11) is 0. The molecule has 3 nitrogen and oxygen atoms in total. The van der Waals surface area contributed by atoms with Gasteiger partial charge in [-0.25, -0.2) is 0 Å². The molecule has 0 saturated heterocycles. The van der Waals surface area contributed by atoms with Gasteiger partial charge in [0, 0.05) is 12.0 Å². The van der Waals surface area contributed by atoms with Crippen molar-refractivity contribution in [2.45, 2.75) is 64.8 Å². The molecule has 0 bridgehead atoms. The van der Waals surface area contributed by atoms with Crippen LogP contribution in [-0.4, -0.2) is 18.5 Å². The first-order chi connectivity index (χ1) is 8.17. The van der Waals surface area contributed by atoms with E-state index in [0.29, 0.717) is 12.0 Å². The highest BCUT2D eigenvalue weighted by Gasteiger charge is 2.23. The first-order valence-electron chi connectivity index (χ1n) is 7.17. The molecule has 1 rings (SSSR count). The van der Waals surface area contributed by atoms with E-state index in [9.17, 15) is 4.79 Å². The van der Waals surface area contributed by atoms with Gasteiger partial charge in [-0.2, -0.15) is 0 Å². The van der Waals surface area contributed by atoms with E-state index in [4.69, 9.17) is 5.73 Å². The minimum Gasteiger partial charge on any atom is -0.353 e. The van der Waals surface area contributed by atoms with Crippen LogP contribution in [0.1, 0.15) is 58.8 Å². The van der Waals surface area contributed by atoms with Crippen LogP contribution in [0.3, 0.4) is 0 Å². The summed E-state index contributed by atoms with van der Waals surface area (Å²) >= 11 is 0. The van der Waals surface area contributed by atoms with E-state index in [2.05, 4.69) is 12.2 Å². The molecule has 0 aromatic heterocycles. The zero-order valence-corrected chi connectivity index (χ0v) is 11.4. The number of hydrogen-bond donors (Lipinski definition) is 2. The van der Waals surface area contributed by atoms with Crippen LogP contribution in [0.2, 0.25) is 0 Å². The van der Waals surface area contributed by atoms with E-state index in [1.165, 1.54) is 19.3 Å². The topological polar surface area (TPSA) is 55.1 Å². The number of carbonyl (C=O) groups is 1. The number of unbranched alkanes of at least 4 members (excludes halogenated alkanes) is 1. The molecule has 1 atom stereocenters. The summed E-state index contributed by atoms with van der Waals surface area (Å²) in [4.78, 5) is 11.9. The highest BCUT2D eigenvalue weighted by atomic mass is 16.1. The number of carbonyl (C=O) groups excluding carboxylic acids is 1. The summed E-state index contributed by atoms with van der Waals surface area (Å²) in [5, 5.41) is 3.19. The molecule has 0 radical (unpaired) electrons. The molecule has 1 aliphatic rings. The highest BCUT2D eigenvalue weighted by Crippen LogP contribution is 2.23. The molecule has 0 spiro atoms. The lowest BCUT2D eigenvalue weighted by molar-refractivity contribution is -0.125. The zero-order chi connectivity index (χ0) is 12.7. The van der Waals surface area contributed by atoms with Crippen molar-refractivity contribution >= 4 is 5.91 Å². The van der Waals surface area contributed by atoms with Crippen LogP contribution in [0.15, 0.2) is 0 Å². The molecule has 17 heavy (non-hydrogen) atoms. The lowest BCUT2D eigenvalue weighted by Gasteiger charge is -2.29. The Bertz CT molecular complexity index is 222. The standard InChI is InChI=1S/C14H28N2O/c1-3-4-5-11(2)14(17)16-13-8-6-12(10-15)7-9-13/h11-13H,3-10,15H2,1-2H3,(H,16,17). The SMILES string of the molecule is CCCCC(C)C(=O)NC1CCC(CN)CC1. The van der Waals surface area contributed by atoms with Crippen molar-refractivity contribution in [3.8, 4) is 0 Å². The predicted octanol–water partition coefficient (Wildman–Crippen LogP) is 2.45. The van der Waals surface area contributed by atoms with Gasteiger partial charge in [0.1, 0.15) is 0 Å². The van der Waals surface area contributed by atoms with Gasteiger partial charge in [0.05, 0.1) is 0 Å². The van der Waals surface area contributed by atoms with Crippen molar-refractivity contribution in [2.75, 3.05) is 6.54 Å². The second kappa shape index (κ2) is 7.70. The van der Waals surface area contributed by atoms with Gasteiger partial charge in [0.15, 0.2) is 0 Å². The molecule has 0 aromatic rings. The van der Waals surface area contributed by atoms with Gasteiger partial charge in [0.25, 0.3) is 0 Å². The van der Waals surface area contributed by atoms with Crippen molar-refractivity contribution < 1.29 is 4.79 Å². The smallest absolute Gasteiger partial charge is 0.223 e. The maximum atomic E-state index is 11.9. The van der Waals surface area contributed by atoms with Crippen LogP contribution in [0.4, 0.5) is 0 Å². The maximum absolute atomic E-state index is 11.9. The fraction of sp³-hybridized carbons (Fsp3) is 0.929. The highest BCUT2D eigenvalue weighted by molar-refractivity contribution is 5.78. The largest absolute Gasteiger partial charge is 0.353 e. The molecule has 100 valence electrons. The first-order valence-corrected chi connectivity index (χ1v) is 7.17. The van der Waals surface area contributed by atoms with Gasteiger partial charge in [-0.05, 0) is 44.6 Å². The first kappa shape index (κ1) is 14.5. The number of hydrogen-bond acceptors (Lipinski definition) is 2. The fourth-order valence-corrected chi connectivity index (χ4v) is 2.53. The zero-order valence-electron chi connectivity index (χ0n) is 11.4. The number of amides is 1. The molecule has 0 aliphatic heterocycles. The number of nitrogens with one attached hydrogen (secondary N) is 1. The Labute approximate surface area is 106 Å². The average Bonchev–Trinajstić information content (AvgIpc) is 2.36. The van der Waals surface area contributed by atoms with Crippen molar-refractivity contribution in [2.24, 2.45) is 17.6 Å². The third-order valence-corrected chi connectivity index (χ3v) is 3.96. The van der Waals surface area contributed by atoms with Gasteiger partial charge in [-0.3, -0.25) is 4.79 Å². The number of nitrogens with two attached hydrogens (primary N) is 1. The minimum absolute atomic E-state index is 0.169. The van der Waals surface area contributed by atoms with E-state index in [1.54, 1.807) is 0 Å². The minimum atomic E-state index is 0.169. The van der Waals surface area contributed by atoms with Crippen molar-refractivity contribution in [1.82, 2.24) is 5.32 Å². The van der Waals surface area contributed by atoms with Crippen LogP contribution < -0.4 is 11.1 Å². The summed E-state index contributed by atoms with van der Waals surface area (Å²) in [6, 6.07) is 0.398. The van der Waals surface area contributed by atoms with Crippen molar-refractivity contribution in [3.63, 3.8) is 0 Å². The number of rotatable bonds is 6. The van der Waals surface area contributed by atoms with Crippen molar-refractivity contribution in [3.05, 3.63) is 0 Å². The Morgan fingerprint density at radius 3 is 2.53 bits per heavy atom. The quantitative estimate of drug-likeness (QED) is 0.749. The van der Waals surface area contributed by atoms with E-state index < -0.39 is 0 Å².